The highest BCUT2D eigenvalue weighted by Crippen LogP contribution is 2.28. The predicted octanol–water partition coefficient (Wildman–Crippen LogP) is 0.970. The molecule has 1 aromatic rings. The number of rotatable bonds is 5. The molecule has 0 radical (unpaired) electrons. The number of carbonyl (C=O) groups excluding carboxylic acids is 2. The zero-order valence-corrected chi connectivity index (χ0v) is 13.0. The van der Waals surface area contributed by atoms with Gasteiger partial charge in [-0.25, -0.2) is 0 Å². The highest BCUT2D eigenvalue weighted by molar-refractivity contribution is 5.81. The van der Waals surface area contributed by atoms with Crippen LogP contribution in [-0.4, -0.2) is 44.0 Å². The van der Waals surface area contributed by atoms with Gasteiger partial charge in [-0.15, -0.1) is 0 Å². The topological polar surface area (TPSA) is 81.9 Å². The fraction of sp³-hybridized carbons (Fsp3) is 0.500. The number of primary amides is 1. The van der Waals surface area contributed by atoms with Gasteiger partial charge < -0.3 is 20.1 Å². The SMILES string of the molecule is COc1ccc(CC(=O)N2CCCC(C(N)=O)C2)cc1OC. The first-order valence-corrected chi connectivity index (χ1v) is 7.33. The molecule has 1 fully saturated rings. The summed E-state index contributed by atoms with van der Waals surface area (Å²) in [6.45, 7) is 1.09. The molecule has 1 aliphatic heterocycles. The summed E-state index contributed by atoms with van der Waals surface area (Å²) in [7, 11) is 3.13. The van der Waals surface area contributed by atoms with Crippen LogP contribution in [0.2, 0.25) is 0 Å². The molecule has 1 unspecified atom stereocenters. The molecular formula is C16H22N2O4. The van der Waals surface area contributed by atoms with Gasteiger partial charge in [0.05, 0.1) is 26.6 Å². The molecule has 1 aromatic carbocycles. The summed E-state index contributed by atoms with van der Waals surface area (Å²) in [5.41, 5.74) is 6.20. The van der Waals surface area contributed by atoms with Crippen LogP contribution in [0.5, 0.6) is 11.5 Å². The zero-order chi connectivity index (χ0) is 16.1. The molecule has 1 heterocycles. The average Bonchev–Trinajstić information content (AvgIpc) is 2.54. The molecule has 2 N–H and O–H groups in total. The number of nitrogens with zero attached hydrogens (tertiary/aromatic N) is 1. The Kier molecular flexibility index (Phi) is 5.25. The third-order valence-electron chi connectivity index (χ3n) is 3.98. The molecule has 0 bridgehead atoms. The van der Waals surface area contributed by atoms with E-state index in [1.165, 1.54) is 0 Å². The van der Waals surface area contributed by atoms with E-state index in [1.807, 2.05) is 6.07 Å². The van der Waals surface area contributed by atoms with Gasteiger partial charge in [-0.2, -0.15) is 0 Å². The quantitative estimate of drug-likeness (QED) is 0.879. The van der Waals surface area contributed by atoms with Gasteiger partial charge in [-0.05, 0) is 30.5 Å². The van der Waals surface area contributed by atoms with Crippen LogP contribution < -0.4 is 15.2 Å². The van der Waals surface area contributed by atoms with Crippen molar-refractivity contribution in [1.82, 2.24) is 4.90 Å². The van der Waals surface area contributed by atoms with Crippen LogP contribution in [-0.2, 0) is 16.0 Å². The highest BCUT2D eigenvalue weighted by atomic mass is 16.5. The van der Waals surface area contributed by atoms with E-state index in [4.69, 9.17) is 15.2 Å². The van der Waals surface area contributed by atoms with Crippen LogP contribution in [0.4, 0.5) is 0 Å². The predicted molar refractivity (Wildman–Crippen MR) is 81.7 cm³/mol. The fourth-order valence-corrected chi connectivity index (χ4v) is 2.71. The van der Waals surface area contributed by atoms with Crippen LogP contribution in [0.15, 0.2) is 18.2 Å². The Bertz CT molecular complexity index is 559. The van der Waals surface area contributed by atoms with Crippen molar-refractivity contribution < 1.29 is 19.1 Å². The minimum Gasteiger partial charge on any atom is -0.493 e. The monoisotopic (exact) mass is 306 g/mol. The second kappa shape index (κ2) is 7.15. The van der Waals surface area contributed by atoms with Gasteiger partial charge in [0.15, 0.2) is 11.5 Å². The van der Waals surface area contributed by atoms with Gasteiger partial charge in [0, 0.05) is 13.1 Å². The fourth-order valence-electron chi connectivity index (χ4n) is 2.71. The largest absolute Gasteiger partial charge is 0.493 e. The Morgan fingerprint density at radius 2 is 2.00 bits per heavy atom. The number of benzene rings is 1. The van der Waals surface area contributed by atoms with E-state index in [0.717, 1.165) is 18.4 Å². The van der Waals surface area contributed by atoms with Crippen molar-refractivity contribution >= 4 is 11.8 Å². The molecule has 120 valence electrons. The first-order valence-electron chi connectivity index (χ1n) is 7.33. The molecule has 0 saturated carbocycles. The van der Waals surface area contributed by atoms with Gasteiger partial charge in [-0.1, -0.05) is 6.07 Å². The van der Waals surface area contributed by atoms with E-state index in [-0.39, 0.29) is 24.2 Å². The Hall–Kier alpha value is -2.24. The second-order valence-electron chi connectivity index (χ2n) is 5.45. The summed E-state index contributed by atoms with van der Waals surface area (Å²) in [4.78, 5) is 25.4. The lowest BCUT2D eigenvalue weighted by Gasteiger charge is -2.31. The molecule has 1 atom stereocenters. The van der Waals surface area contributed by atoms with Crippen LogP contribution in [0.25, 0.3) is 0 Å². The summed E-state index contributed by atoms with van der Waals surface area (Å²) in [5, 5.41) is 0. The number of methoxy groups -OCH3 is 2. The first kappa shape index (κ1) is 16.1. The third-order valence-corrected chi connectivity index (χ3v) is 3.98. The van der Waals surface area contributed by atoms with E-state index < -0.39 is 0 Å². The molecule has 1 saturated heterocycles. The van der Waals surface area contributed by atoms with Gasteiger partial charge in [0.2, 0.25) is 11.8 Å². The third kappa shape index (κ3) is 3.69. The van der Waals surface area contributed by atoms with Gasteiger partial charge in [-0.3, -0.25) is 9.59 Å². The van der Waals surface area contributed by atoms with Gasteiger partial charge in [0.1, 0.15) is 0 Å². The number of ether oxygens (including phenoxy) is 2. The number of piperidine rings is 1. The molecule has 0 spiro atoms. The van der Waals surface area contributed by atoms with Crippen molar-refractivity contribution in [3.8, 4) is 11.5 Å². The number of nitrogens with two attached hydrogens (primary N) is 1. The van der Waals surface area contributed by atoms with Crippen molar-refractivity contribution in [3.05, 3.63) is 23.8 Å². The van der Waals surface area contributed by atoms with E-state index in [1.54, 1.807) is 31.3 Å². The second-order valence-corrected chi connectivity index (χ2v) is 5.45. The molecule has 6 nitrogen and oxygen atoms in total. The van der Waals surface area contributed by atoms with Crippen molar-refractivity contribution in [2.45, 2.75) is 19.3 Å². The van der Waals surface area contributed by atoms with Crippen LogP contribution in [0, 0.1) is 5.92 Å². The summed E-state index contributed by atoms with van der Waals surface area (Å²) in [5.74, 6) is 0.664. The number of carbonyl (C=O) groups is 2. The summed E-state index contributed by atoms with van der Waals surface area (Å²) in [6, 6.07) is 5.42. The lowest BCUT2D eigenvalue weighted by Crippen LogP contribution is -2.44. The minimum atomic E-state index is -0.330. The maximum atomic E-state index is 12.4. The summed E-state index contributed by atoms with van der Waals surface area (Å²) < 4.78 is 10.4. The van der Waals surface area contributed by atoms with Crippen LogP contribution >= 0.6 is 0 Å². The molecule has 0 aromatic heterocycles. The molecule has 6 heteroatoms. The smallest absolute Gasteiger partial charge is 0.227 e. The Labute approximate surface area is 130 Å². The number of likely N-dealkylation sites (tertiary alicyclic amines) is 1. The van der Waals surface area contributed by atoms with Gasteiger partial charge in [0.25, 0.3) is 0 Å². The molecular weight excluding hydrogens is 284 g/mol. The van der Waals surface area contributed by atoms with Crippen LogP contribution in [0.1, 0.15) is 18.4 Å². The number of hydrogen-bond donors (Lipinski definition) is 1. The maximum absolute atomic E-state index is 12.4. The maximum Gasteiger partial charge on any atom is 0.227 e. The normalized spacial score (nSPS) is 17.9. The summed E-state index contributed by atoms with van der Waals surface area (Å²) in [6.07, 6.45) is 1.84. The minimum absolute atomic E-state index is 0.00169. The lowest BCUT2D eigenvalue weighted by molar-refractivity contribution is -0.134. The standard InChI is InChI=1S/C16H22N2O4/c1-21-13-6-5-11(8-14(13)22-2)9-15(19)18-7-3-4-12(10-18)16(17)20/h5-6,8,12H,3-4,7,9-10H2,1-2H3,(H2,17,20). The zero-order valence-electron chi connectivity index (χ0n) is 13.0. The Balaban J connectivity index is 2.04. The van der Waals surface area contributed by atoms with Crippen LogP contribution in [0.3, 0.4) is 0 Å². The molecule has 22 heavy (non-hydrogen) atoms. The molecule has 1 aliphatic rings. The van der Waals surface area contributed by atoms with Crippen molar-refractivity contribution in [2.24, 2.45) is 11.7 Å². The van der Waals surface area contributed by atoms with E-state index in [9.17, 15) is 9.59 Å². The molecule has 0 aliphatic carbocycles. The number of hydrogen-bond acceptors (Lipinski definition) is 4. The Morgan fingerprint density at radius 3 is 2.64 bits per heavy atom. The average molecular weight is 306 g/mol. The van der Waals surface area contributed by atoms with Crippen molar-refractivity contribution in [3.63, 3.8) is 0 Å². The van der Waals surface area contributed by atoms with Crippen molar-refractivity contribution in [2.75, 3.05) is 27.3 Å². The highest BCUT2D eigenvalue weighted by Gasteiger charge is 2.26. The van der Waals surface area contributed by atoms with E-state index >= 15 is 0 Å². The Morgan fingerprint density at radius 1 is 1.27 bits per heavy atom. The van der Waals surface area contributed by atoms with Gasteiger partial charge >= 0.3 is 0 Å². The van der Waals surface area contributed by atoms with Crippen molar-refractivity contribution in [1.29, 1.82) is 0 Å². The van der Waals surface area contributed by atoms with E-state index in [2.05, 4.69) is 0 Å². The molecule has 2 amide bonds. The summed E-state index contributed by atoms with van der Waals surface area (Å²) >= 11 is 0. The molecule has 2 rings (SSSR count). The lowest BCUT2D eigenvalue weighted by atomic mass is 9.97. The van der Waals surface area contributed by atoms with E-state index in [0.29, 0.717) is 24.6 Å². The first-order chi connectivity index (χ1) is 10.5. The number of amides is 2.